The first-order valence-electron chi connectivity index (χ1n) is 6.85. The van der Waals surface area contributed by atoms with E-state index in [9.17, 15) is 9.18 Å². The van der Waals surface area contributed by atoms with Crippen LogP contribution in [0.5, 0.6) is 0 Å². The number of carbonyl (C=O) groups is 1. The highest BCUT2D eigenvalue weighted by atomic mass is 19.1. The van der Waals surface area contributed by atoms with Crippen molar-refractivity contribution in [1.82, 2.24) is 0 Å². The third kappa shape index (κ3) is 2.44. The van der Waals surface area contributed by atoms with Crippen molar-refractivity contribution in [3.05, 3.63) is 29.6 Å². The molecule has 0 spiro atoms. The predicted octanol–water partition coefficient (Wildman–Crippen LogP) is 3.00. The van der Waals surface area contributed by atoms with E-state index in [1.165, 1.54) is 37.8 Å². The molecule has 2 fully saturated rings. The van der Waals surface area contributed by atoms with Crippen LogP contribution in [0, 0.1) is 23.6 Å². The SMILES string of the molecule is Nc1cc(F)ccc1C(=O)OCC1CC2CCC1C2. The number of hydrogen-bond donors (Lipinski definition) is 1. The molecule has 2 bridgehead atoms. The van der Waals surface area contributed by atoms with Gasteiger partial charge in [-0.3, -0.25) is 0 Å². The van der Waals surface area contributed by atoms with Gasteiger partial charge in [0, 0.05) is 5.69 Å². The lowest BCUT2D eigenvalue weighted by Crippen LogP contribution is -2.20. The highest BCUT2D eigenvalue weighted by Gasteiger charge is 2.39. The topological polar surface area (TPSA) is 52.3 Å². The van der Waals surface area contributed by atoms with Gasteiger partial charge in [0.2, 0.25) is 0 Å². The molecule has 0 heterocycles. The van der Waals surface area contributed by atoms with Crippen molar-refractivity contribution >= 4 is 11.7 Å². The summed E-state index contributed by atoms with van der Waals surface area (Å²) in [5.41, 5.74) is 6.02. The van der Waals surface area contributed by atoms with Crippen molar-refractivity contribution in [3.63, 3.8) is 0 Å². The average molecular weight is 263 g/mol. The molecule has 1 aromatic rings. The van der Waals surface area contributed by atoms with E-state index in [1.807, 2.05) is 0 Å². The van der Waals surface area contributed by atoms with Crippen molar-refractivity contribution in [2.75, 3.05) is 12.3 Å². The van der Waals surface area contributed by atoms with Gasteiger partial charge in [0.05, 0.1) is 12.2 Å². The zero-order valence-electron chi connectivity index (χ0n) is 10.8. The van der Waals surface area contributed by atoms with E-state index in [0.29, 0.717) is 12.5 Å². The minimum atomic E-state index is -0.444. The third-order valence-corrected chi connectivity index (χ3v) is 4.55. The second kappa shape index (κ2) is 4.83. The fourth-order valence-electron chi connectivity index (χ4n) is 3.56. The standard InChI is InChI=1S/C15H18FNO2/c16-12-3-4-13(14(17)7-12)15(18)19-8-11-6-9-1-2-10(11)5-9/h3-4,7,9-11H,1-2,5-6,8,17H2. The first-order valence-corrected chi connectivity index (χ1v) is 6.85. The Kier molecular flexibility index (Phi) is 3.17. The van der Waals surface area contributed by atoms with Crippen LogP contribution >= 0.6 is 0 Å². The van der Waals surface area contributed by atoms with Gasteiger partial charge in [-0.25, -0.2) is 9.18 Å². The molecule has 102 valence electrons. The Morgan fingerprint density at radius 1 is 1.37 bits per heavy atom. The maximum atomic E-state index is 12.9. The Morgan fingerprint density at radius 3 is 2.84 bits per heavy atom. The zero-order valence-corrected chi connectivity index (χ0v) is 10.8. The molecular formula is C15H18FNO2. The molecule has 3 atom stereocenters. The number of benzene rings is 1. The molecule has 19 heavy (non-hydrogen) atoms. The van der Waals surface area contributed by atoms with E-state index >= 15 is 0 Å². The molecular weight excluding hydrogens is 245 g/mol. The summed E-state index contributed by atoms with van der Waals surface area (Å²) in [6.45, 7) is 0.469. The Labute approximate surface area is 111 Å². The van der Waals surface area contributed by atoms with Crippen LogP contribution in [0.2, 0.25) is 0 Å². The monoisotopic (exact) mass is 263 g/mol. The van der Waals surface area contributed by atoms with Gasteiger partial charge in [0.15, 0.2) is 0 Å². The number of hydrogen-bond acceptors (Lipinski definition) is 3. The Balaban J connectivity index is 1.59. The van der Waals surface area contributed by atoms with Crippen LogP contribution in [-0.4, -0.2) is 12.6 Å². The summed E-state index contributed by atoms with van der Waals surface area (Å²) >= 11 is 0. The number of rotatable bonds is 3. The highest BCUT2D eigenvalue weighted by Crippen LogP contribution is 2.48. The van der Waals surface area contributed by atoms with E-state index in [1.54, 1.807) is 0 Å². The first-order chi connectivity index (χ1) is 9.13. The molecule has 0 radical (unpaired) electrons. The molecule has 3 nitrogen and oxygen atoms in total. The van der Waals surface area contributed by atoms with E-state index in [-0.39, 0.29) is 11.3 Å². The van der Waals surface area contributed by atoms with E-state index < -0.39 is 11.8 Å². The zero-order chi connectivity index (χ0) is 13.4. The van der Waals surface area contributed by atoms with Crippen LogP contribution in [-0.2, 0) is 4.74 Å². The van der Waals surface area contributed by atoms with Crippen LogP contribution in [0.15, 0.2) is 18.2 Å². The predicted molar refractivity (Wildman–Crippen MR) is 70.0 cm³/mol. The second-order valence-corrected chi connectivity index (χ2v) is 5.76. The first kappa shape index (κ1) is 12.5. The number of carbonyl (C=O) groups excluding carboxylic acids is 1. The maximum absolute atomic E-state index is 12.9. The van der Waals surface area contributed by atoms with Gasteiger partial charge < -0.3 is 10.5 Å². The quantitative estimate of drug-likeness (QED) is 0.673. The Morgan fingerprint density at radius 2 is 2.21 bits per heavy atom. The number of ether oxygens (including phenoxy) is 1. The van der Waals surface area contributed by atoms with Gasteiger partial charge in [-0.2, -0.15) is 0 Å². The smallest absolute Gasteiger partial charge is 0.340 e. The number of halogens is 1. The normalized spacial score (nSPS) is 28.6. The molecule has 4 heteroatoms. The van der Waals surface area contributed by atoms with Gasteiger partial charge in [0.25, 0.3) is 0 Å². The lowest BCUT2D eigenvalue weighted by atomic mass is 9.89. The molecule has 3 rings (SSSR count). The molecule has 2 aliphatic rings. The lowest BCUT2D eigenvalue weighted by molar-refractivity contribution is 0.0395. The summed E-state index contributed by atoms with van der Waals surface area (Å²) in [6.07, 6.45) is 5.07. The lowest BCUT2D eigenvalue weighted by Gasteiger charge is -2.21. The Bertz CT molecular complexity index is 503. The molecule has 0 amide bonds. The number of nitrogen functional groups attached to an aromatic ring is 1. The maximum Gasteiger partial charge on any atom is 0.340 e. The molecule has 2 aliphatic carbocycles. The molecule has 0 saturated heterocycles. The van der Waals surface area contributed by atoms with Crippen molar-refractivity contribution in [2.24, 2.45) is 17.8 Å². The van der Waals surface area contributed by atoms with Gasteiger partial charge >= 0.3 is 5.97 Å². The van der Waals surface area contributed by atoms with Crippen molar-refractivity contribution in [2.45, 2.75) is 25.7 Å². The van der Waals surface area contributed by atoms with E-state index in [4.69, 9.17) is 10.5 Å². The number of esters is 1. The highest BCUT2D eigenvalue weighted by molar-refractivity contribution is 5.95. The minimum absolute atomic E-state index is 0.137. The van der Waals surface area contributed by atoms with Gasteiger partial charge in [0.1, 0.15) is 5.82 Å². The van der Waals surface area contributed by atoms with Gasteiger partial charge in [-0.15, -0.1) is 0 Å². The largest absolute Gasteiger partial charge is 0.462 e. The summed E-state index contributed by atoms with van der Waals surface area (Å²) in [5, 5.41) is 0. The molecule has 1 aromatic carbocycles. The molecule has 2 N–H and O–H groups in total. The molecule has 0 aromatic heterocycles. The van der Waals surface area contributed by atoms with Crippen molar-refractivity contribution < 1.29 is 13.9 Å². The number of nitrogens with two attached hydrogens (primary N) is 1. The summed E-state index contributed by atoms with van der Waals surface area (Å²) in [7, 11) is 0. The number of fused-ring (bicyclic) bond motifs is 2. The van der Waals surface area contributed by atoms with E-state index in [0.717, 1.165) is 17.9 Å². The molecule has 3 unspecified atom stereocenters. The van der Waals surface area contributed by atoms with Crippen LogP contribution in [0.25, 0.3) is 0 Å². The van der Waals surface area contributed by atoms with Gasteiger partial charge in [-0.1, -0.05) is 6.42 Å². The Hall–Kier alpha value is -1.58. The van der Waals surface area contributed by atoms with Crippen molar-refractivity contribution in [3.8, 4) is 0 Å². The van der Waals surface area contributed by atoms with Crippen LogP contribution < -0.4 is 5.73 Å². The second-order valence-electron chi connectivity index (χ2n) is 5.76. The fraction of sp³-hybridized carbons (Fsp3) is 0.533. The number of anilines is 1. The van der Waals surface area contributed by atoms with E-state index in [2.05, 4.69) is 0 Å². The van der Waals surface area contributed by atoms with Crippen LogP contribution in [0.3, 0.4) is 0 Å². The summed E-state index contributed by atoms with van der Waals surface area (Å²) in [6, 6.07) is 3.76. The van der Waals surface area contributed by atoms with Gasteiger partial charge in [-0.05, 0) is 55.2 Å². The summed E-state index contributed by atoms with van der Waals surface area (Å²) in [4.78, 5) is 11.9. The third-order valence-electron chi connectivity index (χ3n) is 4.55. The molecule has 0 aliphatic heterocycles. The van der Waals surface area contributed by atoms with Crippen LogP contribution in [0.1, 0.15) is 36.0 Å². The summed E-state index contributed by atoms with van der Waals surface area (Å²) in [5.74, 6) is 1.18. The fourth-order valence-corrected chi connectivity index (χ4v) is 3.56. The average Bonchev–Trinajstić information content (AvgIpc) is 2.98. The molecule has 2 saturated carbocycles. The van der Waals surface area contributed by atoms with Crippen LogP contribution in [0.4, 0.5) is 10.1 Å². The minimum Gasteiger partial charge on any atom is -0.462 e. The summed E-state index contributed by atoms with van der Waals surface area (Å²) < 4.78 is 18.3. The van der Waals surface area contributed by atoms with Crippen molar-refractivity contribution in [1.29, 1.82) is 0 Å².